The second-order valence-corrected chi connectivity index (χ2v) is 7.76. The zero-order chi connectivity index (χ0) is 19.4. The van der Waals surface area contributed by atoms with Crippen LogP contribution in [0.1, 0.15) is 10.4 Å². The lowest BCUT2D eigenvalue weighted by Crippen LogP contribution is -2.07. The Kier molecular flexibility index (Phi) is 6.03. The van der Waals surface area contributed by atoms with E-state index in [0.29, 0.717) is 10.9 Å². The van der Waals surface area contributed by atoms with Gasteiger partial charge in [-0.1, -0.05) is 15.9 Å². The topological polar surface area (TPSA) is 51.2 Å². The van der Waals surface area contributed by atoms with Gasteiger partial charge in [-0.15, -0.1) is 11.3 Å². The van der Waals surface area contributed by atoms with Gasteiger partial charge in [0.05, 0.1) is 12.8 Å². The number of benzene rings is 2. The average Bonchev–Trinajstić information content (AvgIpc) is 3.01. The Hall–Kier alpha value is -2.51. The number of nitrogens with zero attached hydrogens (tertiary/aromatic N) is 1. The zero-order valence-corrected chi connectivity index (χ0v) is 17.0. The van der Waals surface area contributed by atoms with Crippen molar-refractivity contribution in [3.05, 3.63) is 69.3 Å². The number of carbonyl (C=O) groups excluding carboxylic acids is 1. The summed E-state index contributed by atoms with van der Waals surface area (Å²) in [5.74, 6) is 0.0793. The van der Waals surface area contributed by atoms with Crippen molar-refractivity contribution < 1.29 is 13.9 Å². The van der Waals surface area contributed by atoms with Crippen LogP contribution in [0.3, 0.4) is 0 Å². The minimum Gasteiger partial charge on any atom is -0.496 e. The maximum absolute atomic E-state index is 13.1. The Morgan fingerprint density at radius 2 is 2.00 bits per heavy atom. The highest BCUT2D eigenvalue weighted by atomic mass is 79.9. The van der Waals surface area contributed by atoms with Gasteiger partial charge in [0.2, 0.25) is 5.91 Å². The van der Waals surface area contributed by atoms with Gasteiger partial charge in [0, 0.05) is 26.6 Å². The molecular weight excluding hydrogens is 431 g/mol. The first kappa shape index (κ1) is 19.3. The Morgan fingerprint density at radius 1 is 1.26 bits per heavy atom. The number of halogens is 2. The molecule has 0 saturated heterocycles. The second kappa shape index (κ2) is 8.45. The highest BCUT2D eigenvalue weighted by Gasteiger charge is 2.11. The standard InChI is InChI=1S/C20H16BrFN2O2S/c1-12-19(13-3-7-16(22)8-4-13)24-20(27-12)23-18(25)10-5-14-11-15(21)6-9-17(14)26-2/h3-11H,1-2H3,(H,23,24,25)/b10-5+. The molecule has 2 aromatic carbocycles. The van der Waals surface area contributed by atoms with Crippen LogP contribution < -0.4 is 10.1 Å². The molecule has 0 aliphatic rings. The van der Waals surface area contributed by atoms with E-state index in [4.69, 9.17) is 4.74 Å². The second-order valence-electron chi connectivity index (χ2n) is 5.64. The maximum Gasteiger partial charge on any atom is 0.250 e. The lowest BCUT2D eigenvalue weighted by Gasteiger charge is -2.04. The minimum atomic E-state index is -0.298. The van der Waals surface area contributed by atoms with Crippen LogP contribution in [0.4, 0.5) is 9.52 Å². The van der Waals surface area contributed by atoms with Crippen LogP contribution in [0.5, 0.6) is 5.75 Å². The van der Waals surface area contributed by atoms with Crippen LogP contribution in [0, 0.1) is 12.7 Å². The molecule has 7 heteroatoms. The van der Waals surface area contributed by atoms with Gasteiger partial charge < -0.3 is 4.74 Å². The molecule has 27 heavy (non-hydrogen) atoms. The normalized spacial score (nSPS) is 11.0. The summed E-state index contributed by atoms with van der Waals surface area (Å²) in [7, 11) is 1.58. The molecule has 3 rings (SSSR count). The monoisotopic (exact) mass is 446 g/mol. The third-order valence-corrected chi connectivity index (χ3v) is 5.13. The number of carbonyl (C=O) groups is 1. The van der Waals surface area contributed by atoms with Crippen molar-refractivity contribution in [2.75, 3.05) is 12.4 Å². The molecule has 3 aromatic rings. The van der Waals surface area contributed by atoms with Crippen molar-refractivity contribution in [1.82, 2.24) is 4.98 Å². The molecule has 4 nitrogen and oxygen atoms in total. The van der Waals surface area contributed by atoms with Crippen LogP contribution in [-0.2, 0) is 4.79 Å². The van der Waals surface area contributed by atoms with E-state index in [1.165, 1.54) is 29.5 Å². The van der Waals surface area contributed by atoms with Gasteiger partial charge in [-0.2, -0.15) is 0 Å². The van der Waals surface area contributed by atoms with Gasteiger partial charge in [-0.25, -0.2) is 9.37 Å². The van der Waals surface area contributed by atoms with Crippen molar-refractivity contribution in [3.63, 3.8) is 0 Å². The first-order chi connectivity index (χ1) is 13.0. The first-order valence-corrected chi connectivity index (χ1v) is 9.63. The Morgan fingerprint density at radius 3 is 2.70 bits per heavy atom. The highest BCUT2D eigenvalue weighted by molar-refractivity contribution is 9.10. The molecule has 0 unspecified atom stereocenters. The third kappa shape index (κ3) is 4.81. The van der Waals surface area contributed by atoms with Crippen molar-refractivity contribution in [2.45, 2.75) is 6.92 Å². The predicted octanol–water partition coefficient (Wildman–Crippen LogP) is 5.68. The number of hydrogen-bond acceptors (Lipinski definition) is 4. The van der Waals surface area contributed by atoms with E-state index >= 15 is 0 Å². The molecule has 0 aliphatic carbocycles. The minimum absolute atomic E-state index is 0.295. The van der Waals surface area contributed by atoms with E-state index in [2.05, 4.69) is 26.2 Å². The molecule has 0 saturated carbocycles. The van der Waals surface area contributed by atoms with E-state index in [9.17, 15) is 9.18 Å². The largest absolute Gasteiger partial charge is 0.496 e. The van der Waals surface area contributed by atoms with Crippen molar-refractivity contribution in [2.24, 2.45) is 0 Å². The molecule has 1 heterocycles. The summed E-state index contributed by atoms with van der Waals surface area (Å²) in [6.45, 7) is 1.91. The fourth-order valence-electron chi connectivity index (χ4n) is 2.47. The summed E-state index contributed by atoms with van der Waals surface area (Å²) < 4.78 is 19.3. The number of amides is 1. The van der Waals surface area contributed by atoms with E-state index in [1.54, 1.807) is 25.3 Å². The molecule has 1 amide bonds. The van der Waals surface area contributed by atoms with Gasteiger partial charge >= 0.3 is 0 Å². The number of anilines is 1. The van der Waals surface area contributed by atoms with Crippen LogP contribution in [-0.4, -0.2) is 18.0 Å². The summed E-state index contributed by atoms with van der Waals surface area (Å²) in [6, 6.07) is 11.7. The quantitative estimate of drug-likeness (QED) is 0.512. The fourth-order valence-corrected chi connectivity index (χ4v) is 3.69. The average molecular weight is 447 g/mol. The highest BCUT2D eigenvalue weighted by Crippen LogP contribution is 2.30. The summed E-state index contributed by atoms with van der Waals surface area (Å²) in [5.41, 5.74) is 2.32. The molecular formula is C20H16BrFN2O2S. The first-order valence-electron chi connectivity index (χ1n) is 8.02. The van der Waals surface area contributed by atoms with Crippen molar-refractivity contribution in [3.8, 4) is 17.0 Å². The van der Waals surface area contributed by atoms with Crippen LogP contribution in [0.15, 0.2) is 53.0 Å². The third-order valence-electron chi connectivity index (χ3n) is 3.75. The number of methoxy groups -OCH3 is 1. The molecule has 0 spiro atoms. The van der Waals surface area contributed by atoms with E-state index < -0.39 is 0 Å². The summed E-state index contributed by atoms with van der Waals surface area (Å²) in [4.78, 5) is 17.6. The Bertz CT molecular complexity index is 1000. The van der Waals surface area contributed by atoms with Crippen molar-refractivity contribution >= 4 is 44.4 Å². The molecule has 0 aliphatic heterocycles. The number of ether oxygens (including phenoxy) is 1. The lowest BCUT2D eigenvalue weighted by molar-refractivity contribution is -0.111. The summed E-state index contributed by atoms with van der Waals surface area (Å²) >= 11 is 4.77. The van der Waals surface area contributed by atoms with E-state index in [1.807, 2.05) is 25.1 Å². The molecule has 0 fully saturated rings. The van der Waals surface area contributed by atoms with Gasteiger partial charge in [0.1, 0.15) is 11.6 Å². The Balaban J connectivity index is 1.74. The molecule has 1 N–H and O–H groups in total. The lowest BCUT2D eigenvalue weighted by atomic mass is 10.1. The maximum atomic E-state index is 13.1. The number of aromatic nitrogens is 1. The Labute approximate surface area is 168 Å². The fraction of sp³-hybridized carbons (Fsp3) is 0.100. The number of hydrogen-bond donors (Lipinski definition) is 1. The summed E-state index contributed by atoms with van der Waals surface area (Å²) in [6.07, 6.45) is 3.11. The molecule has 0 radical (unpaired) electrons. The van der Waals surface area contributed by atoms with Crippen LogP contribution >= 0.6 is 27.3 Å². The van der Waals surface area contributed by atoms with Crippen LogP contribution in [0.2, 0.25) is 0 Å². The van der Waals surface area contributed by atoms with Gasteiger partial charge in [0.25, 0.3) is 0 Å². The zero-order valence-electron chi connectivity index (χ0n) is 14.6. The summed E-state index contributed by atoms with van der Waals surface area (Å²) in [5, 5.41) is 3.25. The molecule has 0 bridgehead atoms. The molecule has 1 aromatic heterocycles. The van der Waals surface area contributed by atoms with E-state index in [-0.39, 0.29) is 11.7 Å². The number of aryl methyl sites for hydroxylation is 1. The van der Waals surface area contributed by atoms with Gasteiger partial charge in [-0.3, -0.25) is 10.1 Å². The number of nitrogens with one attached hydrogen (secondary N) is 1. The molecule has 138 valence electrons. The SMILES string of the molecule is COc1ccc(Br)cc1/C=C/C(=O)Nc1nc(-c2ccc(F)cc2)c(C)s1. The molecule has 0 atom stereocenters. The van der Waals surface area contributed by atoms with E-state index in [0.717, 1.165) is 26.2 Å². The number of thiazole rings is 1. The van der Waals surface area contributed by atoms with Gasteiger partial charge in [-0.05, 0) is 55.5 Å². The smallest absolute Gasteiger partial charge is 0.250 e. The van der Waals surface area contributed by atoms with Crippen LogP contribution in [0.25, 0.3) is 17.3 Å². The number of rotatable bonds is 5. The predicted molar refractivity (Wildman–Crippen MR) is 111 cm³/mol. The van der Waals surface area contributed by atoms with Gasteiger partial charge in [0.15, 0.2) is 5.13 Å². The van der Waals surface area contributed by atoms with Crippen molar-refractivity contribution in [1.29, 1.82) is 0 Å².